The summed E-state index contributed by atoms with van der Waals surface area (Å²) in [5.74, 6) is 1.60. The smallest absolute Gasteiger partial charge is 0.157 e. The van der Waals surface area contributed by atoms with Gasteiger partial charge in [0.25, 0.3) is 0 Å². The number of hydrogen-bond donors (Lipinski definition) is 0. The summed E-state index contributed by atoms with van der Waals surface area (Å²) >= 11 is 0. The summed E-state index contributed by atoms with van der Waals surface area (Å²) in [5, 5.41) is 0. The van der Waals surface area contributed by atoms with Crippen LogP contribution in [-0.2, 0) is 15.9 Å². The summed E-state index contributed by atoms with van der Waals surface area (Å²) in [6, 6.07) is 6.63. The van der Waals surface area contributed by atoms with Gasteiger partial charge < -0.3 is 14.2 Å². The zero-order valence-corrected chi connectivity index (χ0v) is 14.3. The number of ether oxygens (including phenoxy) is 3. The van der Waals surface area contributed by atoms with E-state index in [9.17, 15) is 0 Å². The van der Waals surface area contributed by atoms with Crippen molar-refractivity contribution < 1.29 is 14.2 Å². The fourth-order valence-corrected chi connectivity index (χ4v) is 4.94. The van der Waals surface area contributed by atoms with Crippen molar-refractivity contribution in [2.45, 2.75) is 70.2 Å². The molecule has 3 heteroatoms. The third-order valence-corrected chi connectivity index (χ3v) is 6.36. The molecular formula is C20H28O3. The molecule has 1 heterocycles. The average molecular weight is 316 g/mol. The second-order valence-electron chi connectivity index (χ2n) is 7.62. The van der Waals surface area contributed by atoms with Gasteiger partial charge >= 0.3 is 0 Å². The Kier molecular flexibility index (Phi) is 4.10. The zero-order valence-electron chi connectivity index (χ0n) is 14.3. The largest absolute Gasteiger partial charge is 0.497 e. The zero-order chi connectivity index (χ0) is 15.9. The minimum atomic E-state index is 0.0292. The van der Waals surface area contributed by atoms with Gasteiger partial charge in [0.15, 0.2) is 6.29 Å². The first-order valence-corrected chi connectivity index (χ1v) is 9.14. The predicted molar refractivity (Wildman–Crippen MR) is 89.9 cm³/mol. The molecule has 0 aromatic heterocycles. The van der Waals surface area contributed by atoms with E-state index >= 15 is 0 Å². The maximum atomic E-state index is 6.44. The van der Waals surface area contributed by atoms with E-state index in [1.54, 1.807) is 7.11 Å². The second-order valence-corrected chi connectivity index (χ2v) is 7.62. The highest BCUT2D eigenvalue weighted by molar-refractivity contribution is 5.41. The van der Waals surface area contributed by atoms with Crippen LogP contribution >= 0.6 is 0 Å². The Morgan fingerprint density at radius 3 is 2.87 bits per heavy atom. The molecule has 1 saturated carbocycles. The van der Waals surface area contributed by atoms with Gasteiger partial charge in [-0.3, -0.25) is 0 Å². The molecule has 0 spiro atoms. The molecule has 0 N–H and O–H groups in total. The Balaban J connectivity index is 1.54. The third kappa shape index (κ3) is 2.68. The summed E-state index contributed by atoms with van der Waals surface area (Å²) in [7, 11) is 1.75. The minimum absolute atomic E-state index is 0.0292. The molecule has 126 valence electrons. The van der Waals surface area contributed by atoms with Gasteiger partial charge in [0.1, 0.15) is 5.75 Å². The Morgan fingerprint density at radius 2 is 2.09 bits per heavy atom. The molecule has 23 heavy (non-hydrogen) atoms. The Labute approximate surface area is 139 Å². The molecule has 0 radical (unpaired) electrons. The topological polar surface area (TPSA) is 27.7 Å². The molecule has 2 fully saturated rings. The first kappa shape index (κ1) is 15.5. The van der Waals surface area contributed by atoms with Crippen molar-refractivity contribution in [3.8, 4) is 5.75 Å². The van der Waals surface area contributed by atoms with E-state index in [1.165, 1.54) is 36.8 Å². The van der Waals surface area contributed by atoms with E-state index in [0.29, 0.717) is 12.0 Å². The lowest BCUT2D eigenvalue weighted by Gasteiger charge is -2.42. The van der Waals surface area contributed by atoms with E-state index in [0.717, 1.165) is 31.6 Å². The van der Waals surface area contributed by atoms with Crippen molar-refractivity contribution in [2.24, 2.45) is 5.41 Å². The van der Waals surface area contributed by atoms with E-state index in [2.05, 4.69) is 25.1 Å². The lowest BCUT2D eigenvalue weighted by molar-refractivity contribution is -0.207. The van der Waals surface area contributed by atoms with Gasteiger partial charge in [0.05, 0.1) is 13.2 Å². The lowest BCUT2D eigenvalue weighted by atomic mass is 9.66. The maximum Gasteiger partial charge on any atom is 0.157 e. The highest BCUT2D eigenvalue weighted by Crippen LogP contribution is 2.57. The molecule has 1 saturated heterocycles. The average Bonchev–Trinajstić information content (AvgIpc) is 2.92. The van der Waals surface area contributed by atoms with Gasteiger partial charge in [-0.1, -0.05) is 13.0 Å². The SMILES string of the molecule is COc1ccc2c(c1)CC[C@@]1(C)[C@@H](OC3CCCCO3)CC[C@H]21. The second kappa shape index (κ2) is 6.10. The van der Waals surface area contributed by atoms with Crippen LogP contribution in [0.25, 0.3) is 0 Å². The molecule has 0 amide bonds. The van der Waals surface area contributed by atoms with E-state index in [4.69, 9.17) is 14.2 Å². The summed E-state index contributed by atoms with van der Waals surface area (Å²) in [6.45, 7) is 3.30. The molecule has 1 aromatic rings. The molecule has 0 bridgehead atoms. The van der Waals surface area contributed by atoms with Gasteiger partial charge in [0.2, 0.25) is 0 Å². The lowest BCUT2D eigenvalue weighted by Crippen LogP contribution is -2.40. The minimum Gasteiger partial charge on any atom is -0.497 e. The molecule has 3 aliphatic rings. The van der Waals surface area contributed by atoms with E-state index in [1.807, 2.05) is 0 Å². The van der Waals surface area contributed by atoms with Crippen LogP contribution < -0.4 is 4.74 Å². The van der Waals surface area contributed by atoms with Crippen LogP contribution in [0.3, 0.4) is 0 Å². The molecule has 1 aromatic carbocycles. The summed E-state index contributed by atoms with van der Waals surface area (Å²) < 4.78 is 17.7. The number of benzene rings is 1. The van der Waals surface area contributed by atoms with Gasteiger partial charge in [0, 0.05) is 12.0 Å². The van der Waals surface area contributed by atoms with Crippen molar-refractivity contribution in [3.05, 3.63) is 29.3 Å². The number of rotatable bonds is 3. The molecule has 1 unspecified atom stereocenters. The Hall–Kier alpha value is -1.06. The number of aryl methyl sites for hydroxylation is 1. The highest BCUT2D eigenvalue weighted by atomic mass is 16.7. The van der Waals surface area contributed by atoms with Gasteiger partial charge in [-0.25, -0.2) is 0 Å². The molecule has 4 atom stereocenters. The highest BCUT2D eigenvalue weighted by Gasteiger charge is 2.50. The third-order valence-electron chi connectivity index (χ3n) is 6.36. The van der Waals surface area contributed by atoms with Gasteiger partial charge in [-0.15, -0.1) is 0 Å². The van der Waals surface area contributed by atoms with Crippen LogP contribution in [0, 0.1) is 5.41 Å². The number of methoxy groups -OCH3 is 1. The number of hydrogen-bond acceptors (Lipinski definition) is 3. The molecule has 4 rings (SSSR count). The van der Waals surface area contributed by atoms with Crippen molar-refractivity contribution in [1.29, 1.82) is 0 Å². The van der Waals surface area contributed by atoms with Crippen molar-refractivity contribution in [3.63, 3.8) is 0 Å². The normalized spacial score (nSPS) is 36.3. The van der Waals surface area contributed by atoms with Crippen molar-refractivity contribution >= 4 is 0 Å². The quantitative estimate of drug-likeness (QED) is 0.825. The van der Waals surface area contributed by atoms with E-state index in [-0.39, 0.29) is 11.7 Å². The van der Waals surface area contributed by atoms with Gasteiger partial charge in [-0.2, -0.15) is 0 Å². The van der Waals surface area contributed by atoms with Crippen LogP contribution in [0.4, 0.5) is 0 Å². The van der Waals surface area contributed by atoms with Crippen LogP contribution in [0.15, 0.2) is 18.2 Å². The van der Waals surface area contributed by atoms with Crippen LogP contribution in [-0.4, -0.2) is 26.1 Å². The number of fused-ring (bicyclic) bond motifs is 3. The Bertz CT molecular complexity index is 564. The van der Waals surface area contributed by atoms with E-state index < -0.39 is 0 Å². The molecule has 2 aliphatic carbocycles. The standard InChI is InChI=1S/C20H28O3/c1-20-11-10-14-13-15(21-2)6-7-16(14)17(20)8-9-18(20)23-19-5-3-4-12-22-19/h6-7,13,17-19H,3-5,8-12H2,1-2H3/t17-,18+,19?,20-/m1/s1. The fourth-order valence-electron chi connectivity index (χ4n) is 4.94. The summed E-state index contributed by atoms with van der Waals surface area (Å²) in [6.07, 6.45) is 8.57. The Morgan fingerprint density at radius 1 is 1.17 bits per heavy atom. The van der Waals surface area contributed by atoms with Crippen LogP contribution in [0.1, 0.15) is 62.5 Å². The fraction of sp³-hybridized carbons (Fsp3) is 0.700. The van der Waals surface area contributed by atoms with Crippen molar-refractivity contribution in [2.75, 3.05) is 13.7 Å². The molecule has 3 nitrogen and oxygen atoms in total. The summed E-state index contributed by atoms with van der Waals surface area (Å²) in [5.41, 5.74) is 3.25. The maximum absolute atomic E-state index is 6.44. The first-order chi connectivity index (χ1) is 11.2. The molecule has 1 aliphatic heterocycles. The van der Waals surface area contributed by atoms with Crippen LogP contribution in [0.2, 0.25) is 0 Å². The van der Waals surface area contributed by atoms with Crippen molar-refractivity contribution in [1.82, 2.24) is 0 Å². The first-order valence-electron chi connectivity index (χ1n) is 9.14. The monoisotopic (exact) mass is 316 g/mol. The molecular weight excluding hydrogens is 288 g/mol. The van der Waals surface area contributed by atoms with Gasteiger partial charge in [-0.05, 0) is 74.1 Å². The van der Waals surface area contributed by atoms with Crippen LogP contribution in [0.5, 0.6) is 5.75 Å². The predicted octanol–water partition coefficient (Wildman–Crippen LogP) is 4.44. The summed E-state index contributed by atoms with van der Waals surface area (Å²) in [4.78, 5) is 0.